The third kappa shape index (κ3) is 5.72. The van der Waals surface area contributed by atoms with Crippen LogP contribution in [0.4, 0.5) is 8.78 Å². The van der Waals surface area contributed by atoms with Gasteiger partial charge in [0.15, 0.2) is 11.5 Å². The number of benzene rings is 1. The number of carbonyl (C=O) groups is 2. The fourth-order valence-corrected chi connectivity index (χ4v) is 1.87. The van der Waals surface area contributed by atoms with E-state index in [1.54, 1.807) is 0 Å². The highest BCUT2D eigenvalue weighted by Crippen LogP contribution is 2.29. The fraction of sp³-hybridized carbons (Fsp3) is 0.467. The second-order valence-corrected chi connectivity index (χ2v) is 5.13. The van der Waals surface area contributed by atoms with Gasteiger partial charge in [-0.15, -0.1) is 0 Å². The van der Waals surface area contributed by atoms with Crippen LogP contribution in [0.2, 0.25) is 0 Å². The molecular formula is C15H20F2N2O4. The van der Waals surface area contributed by atoms with Crippen LogP contribution in [0.5, 0.6) is 11.5 Å². The van der Waals surface area contributed by atoms with Crippen LogP contribution in [0, 0.1) is 0 Å². The van der Waals surface area contributed by atoms with E-state index >= 15 is 0 Å². The van der Waals surface area contributed by atoms with Crippen molar-refractivity contribution in [1.29, 1.82) is 0 Å². The molecule has 1 N–H and O–H groups in total. The van der Waals surface area contributed by atoms with E-state index in [-0.39, 0.29) is 35.6 Å². The van der Waals surface area contributed by atoms with Crippen molar-refractivity contribution in [2.75, 3.05) is 20.7 Å². The topological polar surface area (TPSA) is 67.9 Å². The molecule has 0 atom stereocenters. The summed E-state index contributed by atoms with van der Waals surface area (Å²) in [7, 11) is 2.75. The Morgan fingerprint density at radius 1 is 1.26 bits per heavy atom. The Bertz CT molecular complexity index is 564. The zero-order chi connectivity index (χ0) is 17.6. The van der Waals surface area contributed by atoms with E-state index in [4.69, 9.17) is 4.74 Å². The molecule has 0 bridgehead atoms. The molecular weight excluding hydrogens is 310 g/mol. The van der Waals surface area contributed by atoms with Gasteiger partial charge in [0.05, 0.1) is 13.7 Å². The quantitative estimate of drug-likeness (QED) is 0.829. The molecule has 0 fully saturated rings. The van der Waals surface area contributed by atoms with Crippen molar-refractivity contribution in [2.45, 2.75) is 26.5 Å². The summed E-state index contributed by atoms with van der Waals surface area (Å²) in [5.74, 6) is -0.887. The van der Waals surface area contributed by atoms with Gasteiger partial charge in [-0.2, -0.15) is 8.78 Å². The molecule has 0 aliphatic rings. The van der Waals surface area contributed by atoms with Crippen LogP contribution in [0.15, 0.2) is 18.2 Å². The number of alkyl halides is 2. The first kappa shape index (κ1) is 18.7. The Kier molecular flexibility index (Phi) is 6.74. The first-order valence-corrected chi connectivity index (χ1v) is 6.92. The van der Waals surface area contributed by atoms with Gasteiger partial charge in [-0.3, -0.25) is 9.59 Å². The van der Waals surface area contributed by atoms with Crippen molar-refractivity contribution in [3.05, 3.63) is 23.8 Å². The number of amides is 2. The van der Waals surface area contributed by atoms with Gasteiger partial charge < -0.3 is 19.7 Å². The third-order valence-electron chi connectivity index (χ3n) is 2.80. The van der Waals surface area contributed by atoms with Gasteiger partial charge in [0.25, 0.3) is 5.91 Å². The van der Waals surface area contributed by atoms with Gasteiger partial charge in [0.1, 0.15) is 0 Å². The summed E-state index contributed by atoms with van der Waals surface area (Å²) in [6.07, 6.45) is 0. The standard InChI is InChI=1S/C15H20F2N2O4/c1-9(2)18-13(20)8-19(3)14(21)10-5-6-11(23-15(16)17)12(7-10)22-4/h5-7,9,15H,8H2,1-4H3,(H,18,20). The lowest BCUT2D eigenvalue weighted by Gasteiger charge is -2.18. The molecule has 0 radical (unpaired) electrons. The van der Waals surface area contributed by atoms with Crippen LogP contribution in [0.3, 0.4) is 0 Å². The van der Waals surface area contributed by atoms with Gasteiger partial charge in [0, 0.05) is 18.7 Å². The van der Waals surface area contributed by atoms with Crippen molar-refractivity contribution in [3.63, 3.8) is 0 Å². The molecule has 1 aromatic carbocycles. The van der Waals surface area contributed by atoms with E-state index in [9.17, 15) is 18.4 Å². The predicted octanol–water partition coefficient (Wildman–Crippen LogP) is 1.89. The molecule has 1 rings (SSSR count). The molecule has 8 heteroatoms. The number of methoxy groups -OCH3 is 1. The maximum absolute atomic E-state index is 12.3. The number of ether oxygens (including phenoxy) is 2. The average Bonchev–Trinajstić information content (AvgIpc) is 2.45. The van der Waals surface area contributed by atoms with E-state index < -0.39 is 12.5 Å². The molecule has 1 aromatic rings. The van der Waals surface area contributed by atoms with Gasteiger partial charge >= 0.3 is 6.61 Å². The molecule has 6 nitrogen and oxygen atoms in total. The highest BCUT2D eigenvalue weighted by atomic mass is 19.3. The van der Waals surface area contributed by atoms with Gasteiger partial charge in [-0.1, -0.05) is 0 Å². The second kappa shape index (κ2) is 8.30. The summed E-state index contributed by atoms with van der Waals surface area (Å²) in [5.41, 5.74) is 0.198. The van der Waals surface area contributed by atoms with Crippen LogP contribution in [0.25, 0.3) is 0 Å². The second-order valence-electron chi connectivity index (χ2n) is 5.13. The first-order valence-electron chi connectivity index (χ1n) is 6.92. The summed E-state index contributed by atoms with van der Waals surface area (Å²) in [6.45, 7) is 0.514. The molecule has 0 saturated heterocycles. The normalized spacial score (nSPS) is 10.6. The zero-order valence-electron chi connectivity index (χ0n) is 13.4. The number of likely N-dealkylation sites (N-methyl/N-ethyl adjacent to an activating group) is 1. The number of halogens is 2. The molecule has 0 aliphatic carbocycles. The Balaban J connectivity index is 2.85. The van der Waals surface area contributed by atoms with E-state index in [0.717, 1.165) is 0 Å². The zero-order valence-corrected chi connectivity index (χ0v) is 13.4. The minimum absolute atomic E-state index is 0.0104. The predicted molar refractivity (Wildman–Crippen MR) is 79.9 cm³/mol. The van der Waals surface area contributed by atoms with Gasteiger partial charge in [-0.05, 0) is 32.0 Å². The van der Waals surface area contributed by atoms with Crippen molar-refractivity contribution < 1.29 is 27.8 Å². The molecule has 23 heavy (non-hydrogen) atoms. The maximum atomic E-state index is 12.3. The number of hydrogen-bond donors (Lipinski definition) is 1. The van der Waals surface area contributed by atoms with Crippen LogP contribution >= 0.6 is 0 Å². The summed E-state index contributed by atoms with van der Waals surface area (Å²) in [4.78, 5) is 25.2. The van der Waals surface area contributed by atoms with Gasteiger partial charge in [-0.25, -0.2) is 0 Å². The molecule has 0 spiro atoms. The molecule has 0 aromatic heterocycles. The minimum atomic E-state index is -2.99. The van der Waals surface area contributed by atoms with Crippen LogP contribution in [-0.2, 0) is 4.79 Å². The summed E-state index contributed by atoms with van der Waals surface area (Å²) in [5, 5.41) is 2.67. The van der Waals surface area contributed by atoms with E-state index in [0.29, 0.717) is 0 Å². The van der Waals surface area contributed by atoms with Gasteiger partial charge in [0.2, 0.25) is 5.91 Å². The maximum Gasteiger partial charge on any atom is 0.387 e. The van der Waals surface area contributed by atoms with Crippen molar-refractivity contribution in [1.82, 2.24) is 10.2 Å². The average molecular weight is 330 g/mol. The lowest BCUT2D eigenvalue weighted by Crippen LogP contribution is -2.40. The summed E-state index contributed by atoms with van der Waals surface area (Å²) < 4.78 is 33.8. The van der Waals surface area contributed by atoms with E-state index in [2.05, 4.69) is 10.1 Å². The highest BCUT2D eigenvalue weighted by molar-refractivity contribution is 5.96. The smallest absolute Gasteiger partial charge is 0.387 e. The van der Waals surface area contributed by atoms with Crippen molar-refractivity contribution in [2.24, 2.45) is 0 Å². The number of hydrogen-bond acceptors (Lipinski definition) is 4. The lowest BCUT2D eigenvalue weighted by molar-refractivity contribution is -0.122. The molecule has 0 saturated carbocycles. The van der Waals surface area contributed by atoms with Crippen molar-refractivity contribution in [3.8, 4) is 11.5 Å². The molecule has 0 aliphatic heterocycles. The Morgan fingerprint density at radius 2 is 1.91 bits per heavy atom. The number of nitrogens with zero attached hydrogens (tertiary/aromatic N) is 1. The molecule has 0 unspecified atom stereocenters. The lowest BCUT2D eigenvalue weighted by atomic mass is 10.1. The molecule has 128 valence electrons. The Morgan fingerprint density at radius 3 is 2.43 bits per heavy atom. The molecule has 0 heterocycles. The monoisotopic (exact) mass is 330 g/mol. The number of carbonyl (C=O) groups excluding carboxylic acids is 2. The molecule has 2 amide bonds. The van der Waals surface area contributed by atoms with Crippen molar-refractivity contribution >= 4 is 11.8 Å². The highest BCUT2D eigenvalue weighted by Gasteiger charge is 2.18. The SMILES string of the molecule is COc1cc(C(=O)N(C)CC(=O)NC(C)C)ccc1OC(F)F. The largest absolute Gasteiger partial charge is 0.493 e. The number of nitrogens with one attached hydrogen (secondary N) is 1. The van der Waals surface area contributed by atoms with E-state index in [1.165, 1.54) is 37.3 Å². The van der Waals surface area contributed by atoms with E-state index in [1.807, 2.05) is 13.8 Å². The summed E-state index contributed by atoms with van der Waals surface area (Å²) in [6, 6.07) is 3.81. The number of rotatable bonds is 7. The minimum Gasteiger partial charge on any atom is -0.493 e. The fourth-order valence-electron chi connectivity index (χ4n) is 1.87. The van der Waals surface area contributed by atoms with Crippen LogP contribution in [0.1, 0.15) is 24.2 Å². The Hall–Kier alpha value is -2.38. The van der Waals surface area contributed by atoms with Crippen LogP contribution in [-0.4, -0.2) is 50.1 Å². The first-order chi connectivity index (χ1) is 10.7. The summed E-state index contributed by atoms with van der Waals surface area (Å²) >= 11 is 0. The van der Waals surface area contributed by atoms with Crippen LogP contribution < -0.4 is 14.8 Å². The third-order valence-corrected chi connectivity index (χ3v) is 2.80. The Labute approximate surface area is 133 Å².